The zero-order chi connectivity index (χ0) is 45.8. The van der Waals surface area contributed by atoms with Gasteiger partial charge in [-0.1, -0.05) is 43.2 Å². The lowest BCUT2D eigenvalue weighted by Crippen LogP contribution is -2.44. The minimum absolute atomic E-state index is 0.0253. The number of hydrogen-bond acceptors (Lipinski definition) is 16. The Hall–Kier alpha value is -2.88. The standard InChI is InChI=1S/C16H25N3O2S2.C12H15ClN2O.C12H16N2O2.C4H11NOS2/c1-18-7-9-19(10-8-18)15-4-2-14(3-5-15)16(21)17-6-12-22-23-13-11-20;1-14-6-8-15(9-7-14)11-4-2-10(3-5-11)12(13)16;1-13-6-8-14(9-7-13)11-4-2-10(3-5-11)12(15)16;5-1-3-7-8-4-2-6/h2-5,20H,6-13H2,1H3,(H,17,21);2-5H,6-9H2,1H3;2-5H,6-9H2,1H3,(H,15,16);6H,1-5H2. The minimum Gasteiger partial charge on any atom is -0.478 e. The smallest absolute Gasteiger partial charge is 0.335 e. The Labute approximate surface area is 395 Å². The third kappa shape index (κ3) is 21.8. The van der Waals surface area contributed by atoms with Crippen LogP contribution < -0.4 is 25.8 Å². The van der Waals surface area contributed by atoms with Crippen molar-refractivity contribution in [2.75, 3.05) is 164 Å². The van der Waals surface area contributed by atoms with Crippen LogP contribution in [0.15, 0.2) is 72.8 Å². The van der Waals surface area contributed by atoms with Gasteiger partial charge in [0.1, 0.15) is 0 Å². The predicted octanol–water partition coefficient (Wildman–Crippen LogP) is 4.81. The highest BCUT2D eigenvalue weighted by Gasteiger charge is 2.17. The first-order valence-electron chi connectivity index (χ1n) is 21.2. The lowest BCUT2D eigenvalue weighted by Gasteiger charge is -2.34. The van der Waals surface area contributed by atoms with E-state index >= 15 is 0 Å². The van der Waals surface area contributed by atoms with Gasteiger partial charge in [0.25, 0.3) is 11.1 Å². The van der Waals surface area contributed by atoms with E-state index < -0.39 is 11.2 Å². The van der Waals surface area contributed by atoms with E-state index in [0.717, 1.165) is 119 Å². The summed E-state index contributed by atoms with van der Waals surface area (Å²) < 4.78 is 0. The molecule has 6 rings (SSSR count). The number of aliphatic hydroxyl groups excluding tert-OH is 2. The van der Waals surface area contributed by atoms with Gasteiger partial charge in [-0.05, 0) is 106 Å². The second-order valence-electron chi connectivity index (χ2n) is 14.9. The zero-order valence-corrected chi connectivity index (χ0v) is 40.9. The van der Waals surface area contributed by atoms with Crippen LogP contribution in [0.1, 0.15) is 31.1 Å². The number of halogens is 1. The minimum atomic E-state index is -0.870. The Kier molecular flexibility index (Phi) is 27.6. The maximum Gasteiger partial charge on any atom is 0.335 e. The number of carbonyl (C=O) groups is 3. The third-order valence-electron chi connectivity index (χ3n) is 10.1. The number of anilines is 3. The number of hydrogen-bond donors (Lipinski definition) is 5. The van der Waals surface area contributed by atoms with Crippen LogP contribution in [0.25, 0.3) is 0 Å². The average molecular weight is 968 g/mol. The number of piperazine rings is 3. The molecule has 0 aliphatic carbocycles. The van der Waals surface area contributed by atoms with Gasteiger partial charge in [-0.15, -0.1) is 0 Å². The van der Waals surface area contributed by atoms with Crippen LogP contribution in [0.4, 0.5) is 17.1 Å². The zero-order valence-electron chi connectivity index (χ0n) is 36.9. The molecule has 0 spiro atoms. The number of amides is 1. The van der Waals surface area contributed by atoms with Crippen LogP contribution in [-0.2, 0) is 0 Å². The fourth-order valence-corrected chi connectivity index (χ4v) is 9.73. The fraction of sp³-hybridized carbons (Fsp3) is 0.523. The molecule has 63 heavy (non-hydrogen) atoms. The van der Waals surface area contributed by atoms with Gasteiger partial charge in [0.15, 0.2) is 0 Å². The Morgan fingerprint density at radius 2 is 0.873 bits per heavy atom. The topological polar surface area (TPSA) is 169 Å². The first-order valence-corrected chi connectivity index (χ1v) is 26.5. The number of aromatic carboxylic acids is 1. The Morgan fingerprint density at radius 3 is 1.21 bits per heavy atom. The van der Waals surface area contributed by atoms with Crippen molar-refractivity contribution in [2.24, 2.45) is 5.73 Å². The number of carboxylic acids is 1. The molecule has 3 aliphatic rings. The highest BCUT2D eigenvalue weighted by molar-refractivity contribution is 8.77. The van der Waals surface area contributed by atoms with E-state index in [1.165, 1.54) is 5.69 Å². The number of rotatable bonds is 17. The molecule has 350 valence electrons. The second-order valence-corrected chi connectivity index (χ2v) is 20.6. The second kappa shape index (κ2) is 31.9. The summed E-state index contributed by atoms with van der Waals surface area (Å²) in [6.07, 6.45) is 0. The highest BCUT2D eigenvalue weighted by Crippen LogP contribution is 2.21. The van der Waals surface area contributed by atoms with Crippen molar-refractivity contribution >= 4 is 89.0 Å². The van der Waals surface area contributed by atoms with Gasteiger partial charge in [-0.3, -0.25) is 9.59 Å². The average Bonchev–Trinajstić information content (AvgIpc) is 3.30. The van der Waals surface area contributed by atoms with Crippen LogP contribution in [0.2, 0.25) is 0 Å². The molecule has 0 unspecified atom stereocenters. The van der Waals surface area contributed by atoms with Gasteiger partial charge in [-0.2, -0.15) is 0 Å². The number of benzene rings is 3. The quantitative estimate of drug-likeness (QED) is 0.0709. The molecule has 1 amide bonds. The van der Waals surface area contributed by atoms with Gasteiger partial charge in [-0.25, -0.2) is 4.79 Å². The van der Waals surface area contributed by atoms with Gasteiger partial charge in [0.2, 0.25) is 0 Å². The SMILES string of the molecule is CN1CCN(c2ccc(C(=O)Cl)cc2)CC1.CN1CCN(c2ccc(C(=O)NCCSSCCO)cc2)CC1.CN1CCN(c2ccc(C(=O)O)cc2)CC1.NCCSSCCO. The largest absolute Gasteiger partial charge is 0.478 e. The molecule has 3 aliphatic heterocycles. The number of likely N-dealkylation sites (N-methyl/N-ethyl adjacent to an activating group) is 3. The molecule has 19 heteroatoms. The Bertz CT molecular complexity index is 1630. The molecular formula is C44H67ClN8O6S4. The molecule has 3 heterocycles. The van der Waals surface area contributed by atoms with Crippen LogP contribution in [0.5, 0.6) is 0 Å². The van der Waals surface area contributed by atoms with E-state index in [1.807, 2.05) is 48.5 Å². The number of nitrogens with zero attached hydrogens (tertiary/aromatic N) is 6. The molecular weight excluding hydrogens is 900 g/mol. The van der Waals surface area contributed by atoms with Crippen molar-refractivity contribution in [3.63, 3.8) is 0 Å². The normalized spacial score (nSPS) is 15.8. The molecule has 0 aromatic heterocycles. The number of carbonyl (C=O) groups excluding carboxylic acids is 2. The lowest BCUT2D eigenvalue weighted by molar-refractivity contribution is 0.0696. The predicted molar refractivity (Wildman–Crippen MR) is 271 cm³/mol. The molecule has 0 saturated carbocycles. The summed E-state index contributed by atoms with van der Waals surface area (Å²) in [6.45, 7) is 14.4. The summed E-state index contributed by atoms with van der Waals surface area (Å²) in [6, 6.07) is 22.4. The summed E-state index contributed by atoms with van der Waals surface area (Å²) in [7, 11) is 13.1. The Morgan fingerprint density at radius 1 is 0.540 bits per heavy atom. The summed E-state index contributed by atoms with van der Waals surface area (Å²) >= 11 is 5.40. The van der Waals surface area contributed by atoms with Crippen LogP contribution in [-0.4, -0.2) is 196 Å². The monoisotopic (exact) mass is 966 g/mol. The van der Waals surface area contributed by atoms with E-state index in [2.05, 4.69) is 55.9 Å². The van der Waals surface area contributed by atoms with Gasteiger partial charge in [0, 0.05) is 143 Å². The molecule has 0 atom stereocenters. The summed E-state index contributed by atoms with van der Waals surface area (Å²) in [5, 5.41) is 28.3. The van der Waals surface area contributed by atoms with Crippen molar-refractivity contribution in [3.8, 4) is 0 Å². The van der Waals surface area contributed by atoms with Crippen molar-refractivity contribution in [3.05, 3.63) is 89.5 Å². The Balaban J connectivity index is 0.000000236. The molecule has 3 saturated heterocycles. The summed E-state index contributed by atoms with van der Waals surface area (Å²) in [5.41, 5.74) is 10.3. The van der Waals surface area contributed by atoms with Crippen molar-refractivity contribution in [1.29, 1.82) is 0 Å². The molecule has 6 N–H and O–H groups in total. The van der Waals surface area contributed by atoms with Crippen molar-refractivity contribution in [1.82, 2.24) is 20.0 Å². The van der Waals surface area contributed by atoms with E-state index in [-0.39, 0.29) is 19.1 Å². The molecule has 0 radical (unpaired) electrons. The van der Waals surface area contributed by atoms with Crippen molar-refractivity contribution in [2.45, 2.75) is 0 Å². The number of nitrogens with two attached hydrogens (primary N) is 1. The molecule has 14 nitrogen and oxygen atoms in total. The summed E-state index contributed by atoms with van der Waals surface area (Å²) in [4.78, 5) is 47.6. The molecule has 0 bridgehead atoms. The number of nitrogens with one attached hydrogen (secondary N) is 1. The van der Waals surface area contributed by atoms with E-state index in [9.17, 15) is 14.4 Å². The van der Waals surface area contributed by atoms with Gasteiger partial charge < -0.3 is 55.8 Å². The van der Waals surface area contributed by atoms with Gasteiger partial charge >= 0.3 is 5.97 Å². The van der Waals surface area contributed by atoms with Crippen LogP contribution >= 0.6 is 54.8 Å². The maximum atomic E-state index is 12.1. The fourth-order valence-electron chi connectivity index (χ4n) is 6.30. The molecule has 3 aromatic rings. The molecule has 3 fully saturated rings. The van der Waals surface area contributed by atoms with E-state index in [0.29, 0.717) is 23.2 Å². The number of carboxylic acid groups (broad SMARTS) is 1. The van der Waals surface area contributed by atoms with Crippen LogP contribution in [0, 0.1) is 0 Å². The van der Waals surface area contributed by atoms with Crippen LogP contribution in [0.3, 0.4) is 0 Å². The van der Waals surface area contributed by atoms with E-state index in [1.54, 1.807) is 67.4 Å². The highest BCUT2D eigenvalue weighted by atomic mass is 35.5. The molecule has 3 aromatic carbocycles. The third-order valence-corrected chi connectivity index (χ3v) is 15.2. The van der Waals surface area contributed by atoms with Gasteiger partial charge in [0.05, 0.1) is 18.8 Å². The maximum absolute atomic E-state index is 12.1. The van der Waals surface area contributed by atoms with Crippen molar-refractivity contribution < 1.29 is 29.7 Å². The number of aliphatic hydroxyl groups is 2. The lowest BCUT2D eigenvalue weighted by atomic mass is 10.1. The first kappa shape index (κ1) is 54.5. The first-order chi connectivity index (χ1) is 30.4. The summed E-state index contributed by atoms with van der Waals surface area (Å²) in [5.74, 6) is 2.46. The van der Waals surface area contributed by atoms with E-state index in [4.69, 9.17) is 32.7 Å².